The molecule has 0 spiro atoms. The second kappa shape index (κ2) is 6.60. The zero-order valence-electron chi connectivity index (χ0n) is 17.4. The summed E-state index contributed by atoms with van der Waals surface area (Å²) in [4.78, 5) is 3.60. The molecule has 7 rings (SSSR count). The van der Waals surface area contributed by atoms with Gasteiger partial charge in [-0.2, -0.15) is 0 Å². The Hall–Kier alpha value is -4.30. The monoisotopic (exact) mass is 408 g/mol. The molecule has 0 bridgehead atoms. The lowest BCUT2D eigenvalue weighted by Gasteiger charge is -2.12. The molecule has 2 nitrogen and oxygen atoms in total. The van der Waals surface area contributed by atoms with Gasteiger partial charge >= 0.3 is 0 Å². The first-order valence-corrected chi connectivity index (χ1v) is 11.0. The Balaban J connectivity index is 1.69. The van der Waals surface area contributed by atoms with E-state index < -0.39 is 0 Å². The molecule has 0 saturated heterocycles. The minimum atomic E-state index is 1.17. The van der Waals surface area contributed by atoms with Crippen molar-refractivity contribution in [1.29, 1.82) is 0 Å². The number of aromatic amines is 1. The number of hydrogen-bond donors (Lipinski definition) is 1. The van der Waals surface area contributed by atoms with E-state index in [0.29, 0.717) is 0 Å². The first-order chi connectivity index (χ1) is 15.9. The predicted octanol–water partition coefficient (Wildman–Crippen LogP) is 8.09. The Labute approximate surface area is 185 Å². The van der Waals surface area contributed by atoms with Crippen LogP contribution in [0.15, 0.2) is 115 Å². The summed E-state index contributed by atoms with van der Waals surface area (Å²) in [5.74, 6) is 0. The van der Waals surface area contributed by atoms with Crippen LogP contribution in [0.2, 0.25) is 0 Å². The van der Waals surface area contributed by atoms with Gasteiger partial charge in [-0.3, -0.25) is 0 Å². The molecule has 2 heteroatoms. The molecule has 0 unspecified atom stereocenters. The van der Waals surface area contributed by atoms with Crippen LogP contribution in [0.1, 0.15) is 0 Å². The van der Waals surface area contributed by atoms with Crippen LogP contribution in [0.3, 0.4) is 0 Å². The van der Waals surface area contributed by atoms with Crippen molar-refractivity contribution in [2.45, 2.75) is 0 Å². The fraction of sp³-hybridized carbons (Fsp3) is 0. The Morgan fingerprint density at radius 3 is 2.03 bits per heavy atom. The predicted molar refractivity (Wildman–Crippen MR) is 136 cm³/mol. The van der Waals surface area contributed by atoms with Crippen LogP contribution in [0, 0.1) is 0 Å². The number of benzene rings is 5. The molecule has 0 aliphatic heterocycles. The van der Waals surface area contributed by atoms with E-state index in [2.05, 4.69) is 125 Å². The third-order valence-electron chi connectivity index (χ3n) is 6.53. The highest BCUT2D eigenvalue weighted by molar-refractivity contribution is 6.19. The lowest BCUT2D eigenvalue weighted by atomic mass is 9.97. The number of para-hydroxylation sites is 4. The van der Waals surface area contributed by atoms with E-state index in [1.54, 1.807) is 0 Å². The smallest absolute Gasteiger partial charge is 0.0619 e. The van der Waals surface area contributed by atoms with Gasteiger partial charge in [0, 0.05) is 43.8 Å². The van der Waals surface area contributed by atoms with Gasteiger partial charge in [-0.1, -0.05) is 84.9 Å². The van der Waals surface area contributed by atoms with Crippen LogP contribution in [-0.2, 0) is 0 Å². The molecule has 32 heavy (non-hydrogen) atoms. The van der Waals surface area contributed by atoms with Crippen molar-refractivity contribution in [3.05, 3.63) is 115 Å². The number of hydrogen-bond acceptors (Lipinski definition) is 0. The lowest BCUT2D eigenvalue weighted by Crippen LogP contribution is -1.95. The summed E-state index contributed by atoms with van der Waals surface area (Å²) < 4.78 is 2.41. The second-order valence-electron chi connectivity index (χ2n) is 8.29. The van der Waals surface area contributed by atoms with Gasteiger partial charge in [-0.25, -0.2) is 0 Å². The quantitative estimate of drug-likeness (QED) is 0.298. The SMILES string of the molecule is c1ccc(-n2c3ccccc3c3cccc(-c4cccc5[nH]c6ccccc6c45)c32)cc1. The fourth-order valence-corrected chi connectivity index (χ4v) is 5.21. The molecule has 1 N–H and O–H groups in total. The van der Waals surface area contributed by atoms with Crippen LogP contribution >= 0.6 is 0 Å². The number of rotatable bonds is 2. The first-order valence-electron chi connectivity index (χ1n) is 11.0. The van der Waals surface area contributed by atoms with Gasteiger partial charge < -0.3 is 9.55 Å². The minimum absolute atomic E-state index is 1.17. The molecule has 0 amide bonds. The molecule has 2 heterocycles. The largest absolute Gasteiger partial charge is 0.354 e. The molecular formula is C30H20N2. The normalized spacial score (nSPS) is 11.8. The van der Waals surface area contributed by atoms with E-state index in [1.165, 1.54) is 60.4 Å². The number of aromatic nitrogens is 2. The minimum Gasteiger partial charge on any atom is -0.354 e. The molecule has 0 atom stereocenters. The maximum Gasteiger partial charge on any atom is 0.0619 e. The topological polar surface area (TPSA) is 20.7 Å². The summed E-state index contributed by atoms with van der Waals surface area (Å²) in [7, 11) is 0. The highest BCUT2D eigenvalue weighted by Crippen LogP contribution is 2.41. The summed E-state index contributed by atoms with van der Waals surface area (Å²) in [6.07, 6.45) is 0. The maximum atomic E-state index is 3.60. The zero-order chi connectivity index (χ0) is 21.1. The molecule has 150 valence electrons. The fourth-order valence-electron chi connectivity index (χ4n) is 5.21. The highest BCUT2D eigenvalue weighted by Gasteiger charge is 2.18. The van der Waals surface area contributed by atoms with E-state index in [9.17, 15) is 0 Å². The Morgan fingerprint density at radius 1 is 0.469 bits per heavy atom. The van der Waals surface area contributed by atoms with Gasteiger partial charge in [0.15, 0.2) is 0 Å². The molecule has 2 aromatic heterocycles. The van der Waals surface area contributed by atoms with Gasteiger partial charge in [-0.15, -0.1) is 0 Å². The summed E-state index contributed by atoms with van der Waals surface area (Å²) in [6, 6.07) is 41.2. The van der Waals surface area contributed by atoms with Crippen LogP contribution in [0.25, 0.3) is 60.4 Å². The molecular weight excluding hydrogens is 388 g/mol. The van der Waals surface area contributed by atoms with E-state index in [0.717, 1.165) is 0 Å². The summed E-state index contributed by atoms with van der Waals surface area (Å²) >= 11 is 0. The van der Waals surface area contributed by atoms with Crippen LogP contribution in [0.4, 0.5) is 0 Å². The first kappa shape index (κ1) is 17.4. The average Bonchev–Trinajstić information content (AvgIpc) is 3.40. The summed E-state index contributed by atoms with van der Waals surface area (Å²) in [5, 5.41) is 5.09. The number of fused-ring (bicyclic) bond motifs is 6. The van der Waals surface area contributed by atoms with Crippen molar-refractivity contribution in [2.75, 3.05) is 0 Å². The van der Waals surface area contributed by atoms with Gasteiger partial charge in [0.1, 0.15) is 0 Å². The van der Waals surface area contributed by atoms with Gasteiger partial charge in [0.2, 0.25) is 0 Å². The van der Waals surface area contributed by atoms with E-state index in [1.807, 2.05) is 0 Å². The van der Waals surface area contributed by atoms with Crippen molar-refractivity contribution in [3.8, 4) is 16.8 Å². The molecule has 0 radical (unpaired) electrons. The van der Waals surface area contributed by atoms with Crippen LogP contribution in [0.5, 0.6) is 0 Å². The standard InChI is InChI=1S/C30H20N2/c1-2-10-20(11-3-1)32-28-19-7-5-12-21(28)23-15-8-16-24(30(23)32)22-14-9-18-27-29(22)25-13-4-6-17-26(25)31-27/h1-19,31H. The van der Waals surface area contributed by atoms with Crippen molar-refractivity contribution < 1.29 is 0 Å². The van der Waals surface area contributed by atoms with E-state index in [4.69, 9.17) is 0 Å². The number of nitrogens with zero attached hydrogens (tertiary/aromatic N) is 1. The number of nitrogens with one attached hydrogen (secondary N) is 1. The maximum absolute atomic E-state index is 3.60. The molecule has 7 aromatic rings. The lowest BCUT2D eigenvalue weighted by molar-refractivity contribution is 1.18. The molecule has 0 fully saturated rings. The average molecular weight is 409 g/mol. The van der Waals surface area contributed by atoms with Gasteiger partial charge in [0.25, 0.3) is 0 Å². The van der Waals surface area contributed by atoms with Crippen molar-refractivity contribution in [1.82, 2.24) is 9.55 Å². The van der Waals surface area contributed by atoms with E-state index >= 15 is 0 Å². The van der Waals surface area contributed by atoms with Crippen LogP contribution < -0.4 is 0 Å². The zero-order valence-corrected chi connectivity index (χ0v) is 17.4. The third-order valence-corrected chi connectivity index (χ3v) is 6.53. The third kappa shape index (κ3) is 2.35. The molecule has 0 aliphatic carbocycles. The highest BCUT2D eigenvalue weighted by atomic mass is 15.0. The van der Waals surface area contributed by atoms with Gasteiger partial charge in [-0.05, 0) is 35.9 Å². The summed E-state index contributed by atoms with van der Waals surface area (Å²) in [6.45, 7) is 0. The van der Waals surface area contributed by atoms with Crippen molar-refractivity contribution in [3.63, 3.8) is 0 Å². The summed E-state index contributed by atoms with van der Waals surface area (Å²) in [5.41, 5.74) is 8.50. The molecule has 5 aromatic carbocycles. The Kier molecular flexibility index (Phi) is 3.58. The molecule has 0 saturated carbocycles. The Bertz CT molecular complexity index is 1770. The Morgan fingerprint density at radius 2 is 1.12 bits per heavy atom. The molecule has 0 aliphatic rings. The van der Waals surface area contributed by atoms with Crippen LogP contribution in [-0.4, -0.2) is 9.55 Å². The number of H-pyrrole nitrogens is 1. The van der Waals surface area contributed by atoms with E-state index in [-0.39, 0.29) is 0 Å². The van der Waals surface area contributed by atoms with Crippen molar-refractivity contribution >= 4 is 43.6 Å². The van der Waals surface area contributed by atoms with Crippen molar-refractivity contribution in [2.24, 2.45) is 0 Å². The van der Waals surface area contributed by atoms with Gasteiger partial charge in [0.05, 0.1) is 11.0 Å². The second-order valence-corrected chi connectivity index (χ2v) is 8.29.